The standard InChI is InChI=1S/C15H19ClN2O3/c1-21-9-8-17-15(20)13-6-7-14(19)18(13)10-11-2-4-12(16)5-3-11/h2-5,13H,6-10H2,1H3,(H,17,20)/t13-/m1/s1. The van der Waals surface area contributed by atoms with Crippen molar-refractivity contribution in [1.82, 2.24) is 10.2 Å². The molecule has 1 fully saturated rings. The van der Waals surface area contributed by atoms with Gasteiger partial charge in [0.1, 0.15) is 6.04 Å². The summed E-state index contributed by atoms with van der Waals surface area (Å²) in [5, 5.41) is 3.45. The molecule has 0 radical (unpaired) electrons. The molecule has 0 aliphatic carbocycles. The summed E-state index contributed by atoms with van der Waals surface area (Å²) in [7, 11) is 1.58. The number of carbonyl (C=O) groups excluding carboxylic acids is 2. The van der Waals surface area contributed by atoms with Crippen molar-refractivity contribution in [2.75, 3.05) is 20.3 Å². The second-order valence-corrected chi connectivity index (χ2v) is 5.42. The van der Waals surface area contributed by atoms with Crippen LogP contribution in [0.4, 0.5) is 0 Å². The minimum Gasteiger partial charge on any atom is -0.383 e. The first-order valence-corrected chi connectivity index (χ1v) is 7.30. The Hall–Kier alpha value is -1.59. The van der Waals surface area contributed by atoms with Crippen LogP contribution in [0.1, 0.15) is 18.4 Å². The lowest BCUT2D eigenvalue weighted by atomic mass is 10.1. The molecule has 1 saturated heterocycles. The third-order valence-corrected chi connectivity index (χ3v) is 3.75. The van der Waals surface area contributed by atoms with Crippen LogP contribution in [0.5, 0.6) is 0 Å². The molecule has 5 nitrogen and oxygen atoms in total. The largest absolute Gasteiger partial charge is 0.383 e. The molecular weight excluding hydrogens is 292 g/mol. The molecule has 1 heterocycles. The van der Waals surface area contributed by atoms with E-state index in [0.717, 1.165) is 5.56 Å². The van der Waals surface area contributed by atoms with Gasteiger partial charge >= 0.3 is 0 Å². The molecule has 1 atom stereocenters. The maximum Gasteiger partial charge on any atom is 0.242 e. The van der Waals surface area contributed by atoms with E-state index in [4.69, 9.17) is 16.3 Å². The third-order valence-electron chi connectivity index (χ3n) is 3.50. The maximum atomic E-state index is 12.1. The lowest BCUT2D eigenvalue weighted by Crippen LogP contribution is -2.45. The fraction of sp³-hybridized carbons (Fsp3) is 0.467. The van der Waals surface area contributed by atoms with E-state index in [1.807, 2.05) is 12.1 Å². The van der Waals surface area contributed by atoms with Crippen molar-refractivity contribution in [3.8, 4) is 0 Å². The summed E-state index contributed by atoms with van der Waals surface area (Å²) in [6, 6.07) is 6.91. The van der Waals surface area contributed by atoms with Gasteiger partial charge in [0.05, 0.1) is 6.61 Å². The van der Waals surface area contributed by atoms with Crippen LogP contribution in [0.15, 0.2) is 24.3 Å². The van der Waals surface area contributed by atoms with Crippen LogP contribution >= 0.6 is 11.6 Å². The number of ether oxygens (including phenoxy) is 1. The Labute approximate surface area is 129 Å². The quantitative estimate of drug-likeness (QED) is 0.812. The van der Waals surface area contributed by atoms with Crippen LogP contribution in [0.25, 0.3) is 0 Å². The van der Waals surface area contributed by atoms with E-state index in [-0.39, 0.29) is 11.8 Å². The van der Waals surface area contributed by atoms with Crippen molar-refractivity contribution >= 4 is 23.4 Å². The summed E-state index contributed by atoms with van der Waals surface area (Å²) < 4.78 is 4.90. The molecule has 0 bridgehead atoms. The van der Waals surface area contributed by atoms with Gasteiger partial charge in [-0.05, 0) is 24.1 Å². The van der Waals surface area contributed by atoms with E-state index in [1.54, 1.807) is 24.1 Å². The summed E-state index contributed by atoms with van der Waals surface area (Å²) in [5.74, 6) is -0.108. The number of nitrogens with zero attached hydrogens (tertiary/aromatic N) is 1. The molecule has 21 heavy (non-hydrogen) atoms. The van der Waals surface area contributed by atoms with Crippen molar-refractivity contribution in [3.05, 3.63) is 34.9 Å². The molecule has 0 unspecified atom stereocenters. The second-order valence-electron chi connectivity index (χ2n) is 4.99. The van der Waals surface area contributed by atoms with E-state index in [9.17, 15) is 9.59 Å². The van der Waals surface area contributed by atoms with Crippen molar-refractivity contribution in [2.45, 2.75) is 25.4 Å². The Kier molecular flexibility index (Phi) is 5.59. The van der Waals surface area contributed by atoms with Crippen LogP contribution in [-0.2, 0) is 20.9 Å². The first kappa shape index (κ1) is 15.8. The first-order chi connectivity index (χ1) is 10.1. The summed E-state index contributed by atoms with van der Waals surface area (Å²) >= 11 is 5.85. The Morgan fingerprint density at radius 2 is 2.14 bits per heavy atom. The van der Waals surface area contributed by atoms with Gasteiger partial charge in [0, 0.05) is 31.6 Å². The highest BCUT2D eigenvalue weighted by Crippen LogP contribution is 2.22. The van der Waals surface area contributed by atoms with Gasteiger partial charge in [-0.15, -0.1) is 0 Å². The Morgan fingerprint density at radius 3 is 2.81 bits per heavy atom. The number of nitrogens with one attached hydrogen (secondary N) is 1. The monoisotopic (exact) mass is 310 g/mol. The van der Waals surface area contributed by atoms with Crippen LogP contribution in [-0.4, -0.2) is 43.0 Å². The molecular formula is C15H19ClN2O3. The van der Waals surface area contributed by atoms with Gasteiger partial charge in [0.15, 0.2) is 0 Å². The highest BCUT2D eigenvalue weighted by molar-refractivity contribution is 6.30. The van der Waals surface area contributed by atoms with Crippen molar-refractivity contribution in [1.29, 1.82) is 0 Å². The molecule has 0 saturated carbocycles. The zero-order valence-electron chi connectivity index (χ0n) is 12.0. The van der Waals surface area contributed by atoms with Crippen LogP contribution < -0.4 is 5.32 Å². The molecule has 2 amide bonds. The van der Waals surface area contributed by atoms with E-state index in [0.29, 0.717) is 37.6 Å². The zero-order valence-corrected chi connectivity index (χ0v) is 12.7. The Bertz CT molecular complexity index is 504. The minimum absolute atomic E-state index is 0.0110. The average Bonchev–Trinajstić information content (AvgIpc) is 2.83. The molecule has 1 aliphatic heterocycles. The third kappa shape index (κ3) is 4.19. The highest BCUT2D eigenvalue weighted by atomic mass is 35.5. The van der Waals surface area contributed by atoms with E-state index < -0.39 is 6.04 Å². The van der Waals surface area contributed by atoms with Gasteiger partial charge in [0.25, 0.3) is 0 Å². The van der Waals surface area contributed by atoms with E-state index in [1.165, 1.54) is 0 Å². The lowest BCUT2D eigenvalue weighted by molar-refractivity contribution is -0.135. The second kappa shape index (κ2) is 7.43. The zero-order chi connectivity index (χ0) is 15.2. The molecule has 1 aromatic carbocycles. The van der Waals surface area contributed by atoms with Crippen molar-refractivity contribution in [3.63, 3.8) is 0 Å². The Morgan fingerprint density at radius 1 is 1.43 bits per heavy atom. The summed E-state index contributed by atoms with van der Waals surface area (Å²) in [4.78, 5) is 25.8. The minimum atomic E-state index is -0.398. The molecule has 0 aromatic heterocycles. The predicted octanol–water partition coefficient (Wildman–Crippen LogP) is 1.59. The molecule has 1 aromatic rings. The smallest absolute Gasteiger partial charge is 0.242 e. The fourth-order valence-electron chi connectivity index (χ4n) is 2.39. The topological polar surface area (TPSA) is 58.6 Å². The molecule has 114 valence electrons. The molecule has 1 N–H and O–H groups in total. The SMILES string of the molecule is COCCNC(=O)[C@H]1CCC(=O)N1Cc1ccc(Cl)cc1. The Balaban J connectivity index is 1.99. The van der Waals surface area contributed by atoms with Crippen LogP contribution in [0, 0.1) is 0 Å². The summed E-state index contributed by atoms with van der Waals surface area (Å²) in [6.45, 7) is 1.34. The van der Waals surface area contributed by atoms with Gasteiger partial charge in [-0.3, -0.25) is 9.59 Å². The number of amides is 2. The number of likely N-dealkylation sites (tertiary alicyclic amines) is 1. The van der Waals surface area contributed by atoms with E-state index >= 15 is 0 Å². The lowest BCUT2D eigenvalue weighted by Gasteiger charge is -2.24. The number of carbonyl (C=O) groups is 2. The van der Waals surface area contributed by atoms with Crippen LogP contribution in [0.2, 0.25) is 5.02 Å². The number of hydrogen-bond donors (Lipinski definition) is 1. The normalized spacial score (nSPS) is 18.1. The first-order valence-electron chi connectivity index (χ1n) is 6.92. The number of benzene rings is 1. The molecule has 1 aliphatic rings. The van der Waals surface area contributed by atoms with Gasteiger partial charge < -0.3 is 15.0 Å². The summed E-state index contributed by atoms with van der Waals surface area (Å²) in [5.41, 5.74) is 0.962. The van der Waals surface area contributed by atoms with Gasteiger partial charge in [-0.2, -0.15) is 0 Å². The van der Waals surface area contributed by atoms with Crippen LogP contribution in [0.3, 0.4) is 0 Å². The number of halogens is 1. The molecule has 0 spiro atoms. The predicted molar refractivity (Wildman–Crippen MR) is 79.9 cm³/mol. The molecule has 6 heteroatoms. The van der Waals surface area contributed by atoms with Gasteiger partial charge in [-0.25, -0.2) is 0 Å². The van der Waals surface area contributed by atoms with Gasteiger partial charge in [0.2, 0.25) is 11.8 Å². The maximum absolute atomic E-state index is 12.1. The van der Waals surface area contributed by atoms with Crippen molar-refractivity contribution in [2.24, 2.45) is 0 Å². The number of hydrogen-bond acceptors (Lipinski definition) is 3. The summed E-state index contributed by atoms with van der Waals surface area (Å²) in [6.07, 6.45) is 0.973. The fourth-order valence-corrected chi connectivity index (χ4v) is 2.51. The number of rotatable bonds is 6. The van der Waals surface area contributed by atoms with E-state index in [2.05, 4.69) is 5.32 Å². The average molecular weight is 311 g/mol. The molecule has 2 rings (SSSR count). The highest BCUT2D eigenvalue weighted by Gasteiger charge is 2.35. The van der Waals surface area contributed by atoms with Crippen molar-refractivity contribution < 1.29 is 14.3 Å². The number of methoxy groups -OCH3 is 1. The van der Waals surface area contributed by atoms with Gasteiger partial charge in [-0.1, -0.05) is 23.7 Å².